The van der Waals surface area contributed by atoms with Crippen LogP contribution >= 0.6 is 0 Å². The van der Waals surface area contributed by atoms with Gasteiger partial charge in [0.25, 0.3) is 0 Å². The molecule has 0 aromatic heterocycles. The summed E-state index contributed by atoms with van der Waals surface area (Å²) in [4.78, 5) is 23.0. The van der Waals surface area contributed by atoms with Crippen molar-refractivity contribution in [3.63, 3.8) is 0 Å². The third-order valence-corrected chi connectivity index (χ3v) is 2.62. The number of benzene rings is 1. The van der Waals surface area contributed by atoms with Crippen LogP contribution in [0.4, 0.5) is 18.9 Å². The number of hydrogen-bond acceptors (Lipinski definition) is 3. The van der Waals surface area contributed by atoms with Crippen LogP contribution in [0, 0.1) is 0 Å². The van der Waals surface area contributed by atoms with E-state index >= 15 is 0 Å². The lowest BCUT2D eigenvalue weighted by molar-refractivity contribution is -0.184. The molecule has 0 saturated heterocycles. The normalized spacial score (nSPS) is 12.7. The lowest BCUT2D eigenvalue weighted by Crippen LogP contribution is -2.38. The largest absolute Gasteiger partial charge is 0.471 e. The topological polar surface area (TPSA) is 75.4 Å². The predicted octanol–water partition coefficient (Wildman–Crippen LogP) is 1.49. The standard InChI is InChI=1S/C13H16F3N3O2/c1-8(17)11(20)18-10-5-3-4-9(6-10)7-19(2)12(21)13(14,15)16/h3-6,8H,7,17H2,1-2H3,(H,18,20)/t8-/m1/s1. The molecule has 21 heavy (non-hydrogen) atoms. The van der Waals surface area contributed by atoms with Gasteiger partial charge >= 0.3 is 12.1 Å². The lowest BCUT2D eigenvalue weighted by atomic mass is 10.2. The molecule has 1 atom stereocenters. The van der Waals surface area contributed by atoms with E-state index in [1.54, 1.807) is 18.2 Å². The second-order valence-electron chi connectivity index (χ2n) is 4.64. The predicted molar refractivity (Wildman–Crippen MR) is 71.3 cm³/mol. The van der Waals surface area contributed by atoms with Crippen LogP contribution in [-0.2, 0) is 16.1 Å². The average molecular weight is 303 g/mol. The summed E-state index contributed by atoms with van der Waals surface area (Å²) < 4.78 is 36.8. The molecule has 1 aromatic rings. The molecule has 0 unspecified atom stereocenters. The number of nitrogens with one attached hydrogen (secondary N) is 1. The number of carbonyl (C=O) groups is 2. The SMILES string of the molecule is C[C@@H](N)C(=O)Nc1cccc(CN(C)C(=O)C(F)(F)F)c1. The van der Waals surface area contributed by atoms with Gasteiger partial charge in [0.2, 0.25) is 5.91 Å². The van der Waals surface area contributed by atoms with Gasteiger partial charge in [0, 0.05) is 19.3 Å². The van der Waals surface area contributed by atoms with Crippen molar-refractivity contribution in [3.8, 4) is 0 Å². The van der Waals surface area contributed by atoms with Gasteiger partial charge in [0.05, 0.1) is 6.04 Å². The highest BCUT2D eigenvalue weighted by molar-refractivity contribution is 5.94. The monoisotopic (exact) mass is 303 g/mol. The van der Waals surface area contributed by atoms with E-state index < -0.39 is 24.0 Å². The molecule has 0 heterocycles. The third kappa shape index (κ3) is 5.07. The fourth-order valence-corrected chi connectivity index (χ4v) is 1.57. The van der Waals surface area contributed by atoms with E-state index in [2.05, 4.69) is 5.32 Å². The van der Waals surface area contributed by atoms with Crippen molar-refractivity contribution >= 4 is 17.5 Å². The van der Waals surface area contributed by atoms with Gasteiger partial charge in [-0.15, -0.1) is 0 Å². The van der Waals surface area contributed by atoms with Gasteiger partial charge in [-0.1, -0.05) is 12.1 Å². The minimum Gasteiger partial charge on any atom is -0.334 e. The van der Waals surface area contributed by atoms with E-state index in [0.717, 1.165) is 7.05 Å². The van der Waals surface area contributed by atoms with Gasteiger partial charge in [-0.2, -0.15) is 13.2 Å². The number of rotatable bonds is 4. The Balaban J connectivity index is 2.77. The van der Waals surface area contributed by atoms with E-state index in [-0.39, 0.29) is 6.54 Å². The van der Waals surface area contributed by atoms with Crippen LogP contribution in [-0.4, -0.2) is 36.0 Å². The maximum Gasteiger partial charge on any atom is 0.471 e. The molecule has 5 nitrogen and oxygen atoms in total. The van der Waals surface area contributed by atoms with E-state index in [1.807, 2.05) is 0 Å². The summed E-state index contributed by atoms with van der Waals surface area (Å²) in [5, 5.41) is 2.52. The van der Waals surface area contributed by atoms with E-state index in [4.69, 9.17) is 5.73 Å². The van der Waals surface area contributed by atoms with Crippen molar-refractivity contribution in [2.45, 2.75) is 25.7 Å². The van der Waals surface area contributed by atoms with Crippen LogP contribution in [0.3, 0.4) is 0 Å². The Labute approximate surface area is 119 Å². The zero-order valence-electron chi connectivity index (χ0n) is 11.6. The molecular weight excluding hydrogens is 287 g/mol. The first-order valence-corrected chi connectivity index (χ1v) is 6.09. The van der Waals surface area contributed by atoms with Crippen molar-refractivity contribution in [2.75, 3.05) is 12.4 Å². The summed E-state index contributed by atoms with van der Waals surface area (Å²) in [6.07, 6.45) is -4.91. The van der Waals surface area contributed by atoms with Gasteiger partial charge in [-0.25, -0.2) is 0 Å². The number of alkyl halides is 3. The zero-order chi connectivity index (χ0) is 16.2. The van der Waals surface area contributed by atoms with Crippen LogP contribution in [0.5, 0.6) is 0 Å². The highest BCUT2D eigenvalue weighted by atomic mass is 19.4. The van der Waals surface area contributed by atoms with Crippen molar-refractivity contribution in [1.82, 2.24) is 4.90 Å². The number of halogens is 3. The molecule has 116 valence electrons. The molecule has 1 rings (SSSR count). The van der Waals surface area contributed by atoms with E-state index in [9.17, 15) is 22.8 Å². The molecule has 3 N–H and O–H groups in total. The maximum absolute atomic E-state index is 12.3. The quantitative estimate of drug-likeness (QED) is 0.885. The van der Waals surface area contributed by atoms with Gasteiger partial charge in [-0.3, -0.25) is 9.59 Å². The number of hydrogen-bond donors (Lipinski definition) is 2. The number of amides is 2. The fourth-order valence-electron chi connectivity index (χ4n) is 1.57. The third-order valence-electron chi connectivity index (χ3n) is 2.62. The molecule has 0 aliphatic heterocycles. The lowest BCUT2D eigenvalue weighted by Gasteiger charge is -2.19. The first kappa shape index (κ1) is 17.0. The minimum absolute atomic E-state index is 0.222. The molecule has 0 aliphatic rings. The Kier molecular flexibility index (Phi) is 5.31. The first-order chi connectivity index (χ1) is 9.61. The molecule has 8 heteroatoms. The van der Waals surface area contributed by atoms with E-state index in [0.29, 0.717) is 16.2 Å². The summed E-state index contributed by atoms with van der Waals surface area (Å²) in [6.45, 7) is 1.29. The summed E-state index contributed by atoms with van der Waals surface area (Å²) in [7, 11) is 1.06. The summed E-state index contributed by atoms with van der Waals surface area (Å²) in [6, 6.07) is 5.48. The minimum atomic E-state index is -4.91. The number of nitrogens with two attached hydrogens (primary N) is 1. The van der Waals surface area contributed by atoms with Gasteiger partial charge in [0.15, 0.2) is 0 Å². The summed E-state index contributed by atoms with van der Waals surface area (Å²) in [5.74, 6) is -2.33. The zero-order valence-corrected chi connectivity index (χ0v) is 11.6. The molecule has 0 bridgehead atoms. The van der Waals surface area contributed by atoms with Crippen LogP contribution < -0.4 is 11.1 Å². The van der Waals surface area contributed by atoms with Gasteiger partial charge < -0.3 is 16.0 Å². The Morgan fingerprint density at radius 3 is 2.52 bits per heavy atom. The Bertz CT molecular complexity index is 530. The van der Waals surface area contributed by atoms with Crippen molar-refractivity contribution in [2.24, 2.45) is 5.73 Å². The van der Waals surface area contributed by atoms with Gasteiger partial charge in [-0.05, 0) is 24.6 Å². The second-order valence-corrected chi connectivity index (χ2v) is 4.64. The summed E-state index contributed by atoms with van der Waals surface area (Å²) >= 11 is 0. The van der Waals surface area contributed by atoms with Crippen molar-refractivity contribution < 1.29 is 22.8 Å². The van der Waals surface area contributed by atoms with Crippen LogP contribution in [0.2, 0.25) is 0 Å². The average Bonchev–Trinajstić information content (AvgIpc) is 2.36. The van der Waals surface area contributed by atoms with E-state index in [1.165, 1.54) is 13.0 Å². The Hall–Kier alpha value is -2.09. The Morgan fingerprint density at radius 2 is 2.00 bits per heavy atom. The van der Waals surface area contributed by atoms with Crippen molar-refractivity contribution in [1.29, 1.82) is 0 Å². The smallest absolute Gasteiger partial charge is 0.334 e. The molecule has 0 fully saturated rings. The molecule has 0 aliphatic carbocycles. The molecule has 0 spiro atoms. The molecule has 2 amide bonds. The molecule has 0 saturated carbocycles. The molecular formula is C13H16F3N3O2. The number of nitrogens with zero attached hydrogens (tertiary/aromatic N) is 1. The molecule has 1 aromatic carbocycles. The van der Waals surface area contributed by atoms with Gasteiger partial charge in [0.1, 0.15) is 0 Å². The highest BCUT2D eigenvalue weighted by Gasteiger charge is 2.41. The van der Waals surface area contributed by atoms with Crippen molar-refractivity contribution in [3.05, 3.63) is 29.8 Å². The molecule has 0 radical (unpaired) electrons. The van der Waals surface area contributed by atoms with Crippen LogP contribution in [0.1, 0.15) is 12.5 Å². The first-order valence-electron chi connectivity index (χ1n) is 6.09. The second kappa shape index (κ2) is 6.57. The fraction of sp³-hybridized carbons (Fsp3) is 0.385. The summed E-state index contributed by atoms with van der Waals surface area (Å²) in [5.41, 5.74) is 6.26. The number of carbonyl (C=O) groups excluding carboxylic acids is 2. The van der Waals surface area contributed by atoms with Crippen LogP contribution in [0.15, 0.2) is 24.3 Å². The number of anilines is 1. The Morgan fingerprint density at radius 1 is 1.38 bits per heavy atom. The highest BCUT2D eigenvalue weighted by Crippen LogP contribution is 2.19. The maximum atomic E-state index is 12.3. The van der Waals surface area contributed by atoms with Crippen LogP contribution in [0.25, 0.3) is 0 Å².